The second-order valence-corrected chi connectivity index (χ2v) is 7.01. The van der Waals surface area contributed by atoms with Crippen LogP contribution in [0.3, 0.4) is 0 Å². The number of carbonyl (C=O) groups is 3. The minimum absolute atomic E-state index is 0.0463. The van der Waals surface area contributed by atoms with Crippen molar-refractivity contribution in [1.82, 2.24) is 15.3 Å². The van der Waals surface area contributed by atoms with Crippen molar-refractivity contribution >= 4 is 40.8 Å². The summed E-state index contributed by atoms with van der Waals surface area (Å²) in [7, 11) is 0. The Balaban J connectivity index is 1.84. The summed E-state index contributed by atoms with van der Waals surface area (Å²) in [4.78, 5) is 43.7. The van der Waals surface area contributed by atoms with Crippen molar-refractivity contribution in [3.8, 4) is 0 Å². The Morgan fingerprint density at radius 1 is 1.00 bits per heavy atom. The van der Waals surface area contributed by atoms with Crippen LogP contribution in [0, 0.1) is 0 Å². The Morgan fingerprint density at radius 3 is 2.45 bits per heavy atom. The maximum atomic E-state index is 12.9. The zero-order valence-corrected chi connectivity index (χ0v) is 18.0. The van der Waals surface area contributed by atoms with E-state index in [0.29, 0.717) is 30.0 Å². The van der Waals surface area contributed by atoms with Gasteiger partial charge in [-0.25, -0.2) is 9.78 Å². The van der Waals surface area contributed by atoms with Crippen molar-refractivity contribution in [1.29, 1.82) is 0 Å². The molecule has 3 aromatic rings. The van der Waals surface area contributed by atoms with Crippen LogP contribution >= 0.6 is 0 Å². The van der Waals surface area contributed by atoms with Gasteiger partial charge in [0.05, 0.1) is 23.1 Å². The molecule has 1 aromatic carbocycles. The van der Waals surface area contributed by atoms with Crippen LogP contribution in [-0.4, -0.2) is 39.5 Å². The summed E-state index contributed by atoms with van der Waals surface area (Å²) < 4.78 is 0. The normalized spacial score (nSPS) is 10.2. The largest absolute Gasteiger partial charge is 0.481 e. The number of aryl methyl sites for hydroxylation is 1. The molecule has 5 N–H and O–H groups in total. The minimum Gasteiger partial charge on any atom is -0.481 e. The van der Waals surface area contributed by atoms with Crippen molar-refractivity contribution in [3.63, 3.8) is 0 Å². The number of carboxylic acids is 1. The number of benzene rings is 1. The number of urea groups is 1. The molecular formula is C23H24N6O4. The standard InChI is InChI=1S/C23H24N6O4/c1-2-25-23(33)29-20-12-19(27-16-8-5-15(6-9-16)7-10-21(30)31)18(14-26-20)22(32)28-17-4-3-11-24-13-17/h3-6,8-9,11-14H,2,7,10H2,1H3,(H,28,32)(H,30,31)(H3,25,26,27,29,33). The summed E-state index contributed by atoms with van der Waals surface area (Å²) in [5.41, 5.74) is 2.78. The first-order chi connectivity index (χ1) is 15.9. The van der Waals surface area contributed by atoms with E-state index in [-0.39, 0.29) is 17.8 Å². The van der Waals surface area contributed by atoms with Gasteiger partial charge in [-0.3, -0.25) is 19.9 Å². The van der Waals surface area contributed by atoms with Gasteiger partial charge in [-0.1, -0.05) is 12.1 Å². The fourth-order valence-electron chi connectivity index (χ4n) is 2.93. The van der Waals surface area contributed by atoms with Crippen LogP contribution in [0.1, 0.15) is 29.3 Å². The van der Waals surface area contributed by atoms with Crippen LogP contribution < -0.4 is 21.3 Å². The highest BCUT2D eigenvalue weighted by Gasteiger charge is 2.15. The van der Waals surface area contributed by atoms with Gasteiger partial charge in [-0.05, 0) is 43.2 Å². The number of nitrogens with zero attached hydrogens (tertiary/aromatic N) is 2. The summed E-state index contributed by atoms with van der Waals surface area (Å²) in [5, 5.41) is 20.0. The lowest BCUT2D eigenvalue weighted by Crippen LogP contribution is -2.28. The molecule has 2 aromatic heterocycles. The van der Waals surface area contributed by atoms with Gasteiger partial charge < -0.3 is 21.1 Å². The highest BCUT2D eigenvalue weighted by Crippen LogP contribution is 2.25. The SMILES string of the molecule is CCNC(=O)Nc1cc(Nc2ccc(CCC(=O)O)cc2)c(C(=O)Nc2cccnc2)cn1. The van der Waals surface area contributed by atoms with Crippen molar-refractivity contribution in [2.45, 2.75) is 19.8 Å². The molecule has 10 nitrogen and oxygen atoms in total. The molecule has 0 radical (unpaired) electrons. The van der Waals surface area contributed by atoms with E-state index in [0.717, 1.165) is 5.56 Å². The van der Waals surface area contributed by atoms with E-state index in [4.69, 9.17) is 5.11 Å². The lowest BCUT2D eigenvalue weighted by molar-refractivity contribution is -0.136. The lowest BCUT2D eigenvalue weighted by Gasteiger charge is -2.14. The molecule has 33 heavy (non-hydrogen) atoms. The Bertz CT molecular complexity index is 1120. The molecule has 0 aliphatic rings. The van der Waals surface area contributed by atoms with E-state index in [2.05, 4.69) is 31.2 Å². The van der Waals surface area contributed by atoms with Crippen molar-refractivity contribution in [2.75, 3.05) is 22.5 Å². The number of amides is 3. The molecule has 0 aliphatic carbocycles. The summed E-state index contributed by atoms with van der Waals surface area (Å²) in [6.07, 6.45) is 4.97. The molecule has 2 heterocycles. The molecule has 0 bridgehead atoms. The van der Waals surface area contributed by atoms with Gasteiger partial charge >= 0.3 is 12.0 Å². The Kier molecular flexibility index (Phi) is 7.90. The second-order valence-electron chi connectivity index (χ2n) is 7.01. The van der Waals surface area contributed by atoms with E-state index < -0.39 is 17.9 Å². The monoisotopic (exact) mass is 448 g/mol. The quantitative estimate of drug-likeness (QED) is 0.336. The number of rotatable bonds is 9. The molecule has 0 spiro atoms. The average Bonchev–Trinajstić information content (AvgIpc) is 2.79. The predicted octanol–water partition coefficient (Wildman–Crippen LogP) is 3.63. The van der Waals surface area contributed by atoms with Crippen LogP contribution in [0.2, 0.25) is 0 Å². The third-order valence-corrected chi connectivity index (χ3v) is 4.51. The van der Waals surface area contributed by atoms with E-state index in [1.165, 1.54) is 12.4 Å². The second kappa shape index (κ2) is 11.2. The summed E-state index contributed by atoms with van der Waals surface area (Å²) in [6.45, 7) is 2.25. The lowest BCUT2D eigenvalue weighted by atomic mass is 10.1. The van der Waals surface area contributed by atoms with Crippen molar-refractivity contribution in [3.05, 3.63) is 72.2 Å². The smallest absolute Gasteiger partial charge is 0.320 e. The Labute approximate surface area is 190 Å². The molecule has 170 valence electrons. The zero-order chi connectivity index (χ0) is 23.6. The molecule has 3 amide bonds. The van der Waals surface area contributed by atoms with E-state index >= 15 is 0 Å². The zero-order valence-electron chi connectivity index (χ0n) is 18.0. The number of aliphatic carboxylic acids is 1. The third-order valence-electron chi connectivity index (χ3n) is 4.51. The maximum absolute atomic E-state index is 12.9. The van der Waals surface area contributed by atoms with Crippen LogP contribution in [0.4, 0.5) is 27.7 Å². The molecule has 0 atom stereocenters. The number of carbonyl (C=O) groups excluding carboxylic acids is 2. The maximum Gasteiger partial charge on any atom is 0.320 e. The number of nitrogens with one attached hydrogen (secondary N) is 4. The fraction of sp³-hybridized carbons (Fsp3) is 0.174. The van der Waals surface area contributed by atoms with Gasteiger partial charge in [0.1, 0.15) is 5.82 Å². The van der Waals surface area contributed by atoms with Gasteiger partial charge in [0.2, 0.25) is 0 Å². The predicted molar refractivity (Wildman–Crippen MR) is 125 cm³/mol. The number of carboxylic acid groups (broad SMARTS) is 1. The first-order valence-corrected chi connectivity index (χ1v) is 10.3. The van der Waals surface area contributed by atoms with Gasteiger partial charge in [0, 0.05) is 37.1 Å². The van der Waals surface area contributed by atoms with E-state index in [9.17, 15) is 14.4 Å². The highest BCUT2D eigenvalue weighted by molar-refractivity contribution is 6.08. The number of pyridine rings is 2. The number of hydrogen-bond donors (Lipinski definition) is 5. The highest BCUT2D eigenvalue weighted by atomic mass is 16.4. The first-order valence-electron chi connectivity index (χ1n) is 10.3. The van der Waals surface area contributed by atoms with Gasteiger partial charge in [0.25, 0.3) is 5.91 Å². The molecule has 0 unspecified atom stereocenters. The molecular weight excluding hydrogens is 424 g/mol. The third kappa shape index (κ3) is 7.03. The van der Waals surface area contributed by atoms with Crippen LogP contribution in [0.25, 0.3) is 0 Å². The van der Waals surface area contributed by atoms with Crippen LogP contribution in [0.15, 0.2) is 61.1 Å². The first kappa shape index (κ1) is 23.2. The molecule has 0 fully saturated rings. The number of aromatic nitrogens is 2. The van der Waals surface area contributed by atoms with E-state index in [1.807, 2.05) is 12.1 Å². The van der Waals surface area contributed by atoms with E-state index in [1.54, 1.807) is 43.5 Å². The minimum atomic E-state index is -0.856. The van der Waals surface area contributed by atoms with Gasteiger partial charge in [-0.2, -0.15) is 0 Å². The molecule has 0 saturated heterocycles. The number of hydrogen-bond acceptors (Lipinski definition) is 6. The number of anilines is 4. The van der Waals surface area contributed by atoms with Gasteiger partial charge in [0.15, 0.2) is 0 Å². The van der Waals surface area contributed by atoms with Crippen molar-refractivity contribution in [2.24, 2.45) is 0 Å². The van der Waals surface area contributed by atoms with Crippen molar-refractivity contribution < 1.29 is 19.5 Å². The topological polar surface area (TPSA) is 145 Å². The molecule has 0 saturated carbocycles. The molecule has 10 heteroatoms. The molecule has 3 rings (SSSR count). The fourth-order valence-corrected chi connectivity index (χ4v) is 2.93. The Hall–Kier alpha value is -4.47. The summed E-state index contributed by atoms with van der Waals surface area (Å²) in [6, 6.07) is 11.8. The summed E-state index contributed by atoms with van der Waals surface area (Å²) >= 11 is 0. The Morgan fingerprint density at radius 2 is 1.79 bits per heavy atom. The van der Waals surface area contributed by atoms with Crippen LogP contribution in [-0.2, 0) is 11.2 Å². The average molecular weight is 448 g/mol. The van der Waals surface area contributed by atoms with Crippen LogP contribution in [0.5, 0.6) is 0 Å². The summed E-state index contributed by atoms with van der Waals surface area (Å²) in [5.74, 6) is -0.995. The molecule has 0 aliphatic heterocycles. The van der Waals surface area contributed by atoms with Gasteiger partial charge in [-0.15, -0.1) is 0 Å².